The number of nitrogens with zero attached hydrogens (tertiary/aromatic N) is 2. The third kappa shape index (κ3) is 2.43. The molecule has 0 spiro atoms. The van der Waals surface area contributed by atoms with Crippen molar-refractivity contribution in [3.05, 3.63) is 71.8 Å². The lowest BCUT2D eigenvalue weighted by atomic mass is 9.65. The molecule has 1 aliphatic rings. The summed E-state index contributed by atoms with van der Waals surface area (Å²) in [6.07, 6.45) is 0.877. The molecule has 19 heavy (non-hydrogen) atoms. The SMILES string of the molecule is [B][B]N1N=C(c2ccccc2)CC1c1ccccc1. The van der Waals surface area contributed by atoms with Crippen LogP contribution in [0.2, 0.25) is 0 Å². The van der Waals surface area contributed by atoms with Crippen molar-refractivity contribution in [1.29, 1.82) is 0 Å². The van der Waals surface area contributed by atoms with Crippen molar-refractivity contribution in [3.8, 4) is 0 Å². The molecule has 2 nitrogen and oxygen atoms in total. The van der Waals surface area contributed by atoms with Crippen LogP contribution >= 0.6 is 0 Å². The van der Waals surface area contributed by atoms with Crippen LogP contribution in [0.15, 0.2) is 65.8 Å². The topological polar surface area (TPSA) is 15.6 Å². The molecule has 0 fully saturated rings. The molecule has 1 aliphatic heterocycles. The summed E-state index contributed by atoms with van der Waals surface area (Å²) in [4.78, 5) is 1.84. The summed E-state index contributed by atoms with van der Waals surface area (Å²) in [6.45, 7) is 0. The van der Waals surface area contributed by atoms with E-state index >= 15 is 0 Å². The molecule has 0 aliphatic carbocycles. The molecule has 89 valence electrons. The van der Waals surface area contributed by atoms with Crippen molar-refractivity contribution in [3.63, 3.8) is 0 Å². The zero-order valence-corrected chi connectivity index (χ0v) is 10.6. The Morgan fingerprint density at radius 3 is 2.26 bits per heavy atom. The van der Waals surface area contributed by atoms with Gasteiger partial charge in [0, 0.05) is 14.2 Å². The van der Waals surface area contributed by atoms with Gasteiger partial charge in [0.2, 0.25) is 7.31 Å². The van der Waals surface area contributed by atoms with Gasteiger partial charge in [-0.05, 0) is 11.1 Å². The van der Waals surface area contributed by atoms with E-state index in [9.17, 15) is 0 Å². The fraction of sp³-hybridized carbons (Fsp3) is 0.133. The van der Waals surface area contributed by atoms with Crippen LogP contribution < -0.4 is 0 Å². The first-order chi connectivity index (χ1) is 9.38. The maximum Gasteiger partial charge on any atom is 0.212 e. The molecule has 1 atom stereocenters. The van der Waals surface area contributed by atoms with Gasteiger partial charge in [0.15, 0.2) is 0 Å². The van der Waals surface area contributed by atoms with Gasteiger partial charge < -0.3 is 4.92 Å². The minimum Gasteiger partial charge on any atom is -0.349 e. The number of hydrogen-bond donors (Lipinski definition) is 0. The van der Waals surface area contributed by atoms with Crippen LogP contribution in [0.4, 0.5) is 0 Å². The Kier molecular flexibility index (Phi) is 3.41. The molecule has 1 unspecified atom stereocenters. The number of benzene rings is 2. The Labute approximate surface area is 115 Å². The van der Waals surface area contributed by atoms with E-state index in [1.54, 1.807) is 7.31 Å². The first-order valence-electron chi connectivity index (χ1n) is 6.40. The van der Waals surface area contributed by atoms with E-state index in [1.165, 1.54) is 5.56 Å². The summed E-state index contributed by atoms with van der Waals surface area (Å²) in [5.74, 6) is 0. The summed E-state index contributed by atoms with van der Waals surface area (Å²) < 4.78 is 0. The van der Waals surface area contributed by atoms with Gasteiger partial charge in [-0.3, -0.25) is 0 Å². The van der Waals surface area contributed by atoms with Crippen molar-refractivity contribution < 1.29 is 0 Å². The molecule has 0 N–H and O–H groups in total. The van der Waals surface area contributed by atoms with Crippen molar-refractivity contribution in [2.75, 3.05) is 0 Å². The fourth-order valence-corrected chi connectivity index (χ4v) is 2.42. The van der Waals surface area contributed by atoms with Gasteiger partial charge in [-0.1, -0.05) is 60.7 Å². The lowest BCUT2D eigenvalue weighted by Gasteiger charge is -2.22. The zero-order valence-electron chi connectivity index (χ0n) is 10.6. The first kappa shape index (κ1) is 12.1. The maximum absolute atomic E-state index is 5.70. The van der Waals surface area contributed by atoms with Gasteiger partial charge in [0.1, 0.15) is 0 Å². The fourth-order valence-electron chi connectivity index (χ4n) is 2.42. The molecular weight excluding hydrogens is 230 g/mol. The van der Waals surface area contributed by atoms with Crippen LogP contribution in [0.1, 0.15) is 23.6 Å². The van der Waals surface area contributed by atoms with E-state index in [-0.39, 0.29) is 6.04 Å². The molecular formula is C15H13B2N2. The monoisotopic (exact) mass is 243 g/mol. The highest BCUT2D eigenvalue weighted by atomic mass is 15.4. The lowest BCUT2D eigenvalue weighted by Crippen LogP contribution is -2.23. The van der Waals surface area contributed by atoms with Crippen LogP contribution in [0.25, 0.3) is 0 Å². The molecule has 2 aromatic rings. The third-order valence-corrected chi connectivity index (χ3v) is 3.39. The minimum absolute atomic E-state index is 0.196. The van der Waals surface area contributed by atoms with Crippen LogP contribution in [0.3, 0.4) is 0 Å². The zero-order chi connectivity index (χ0) is 13.1. The second-order valence-corrected chi connectivity index (χ2v) is 4.57. The van der Waals surface area contributed by atoms with Crippen LogP contribution in [-0.2, 0) is 0 Å². The Hall–Kier alpha value is -1.96. The van der Waals surface area contributed by atoms with Gasteiger partial charge in [0.25, 0.3) is 0 Å². The smallest absolute Gasteiger partial charge is 0.212 e. The molecule has 0 bridgehead atoms. The Balaban J connectivity index is 1.88. The largest absolute Gasteiger partial charge is 0.349 e. The Bertz CT molecular complexity index is 569. The van der Waals surface area contributed by atoms with Crippen molar-refractivity contribution in [2.24, 2.45) is 5.10 Å². The molecule has 1 heterocycles. The average Bonchev–Trinajstić information content (AvgIpc) is 2.93. The molecule has 3 radical (unpaired) electrons. The van der Waals surface area contributed by atoms with Crippen molar-refractivity contribution >= 4 is 20.8 Å². The second-order valence-electron chi connectivity index (χ2n) is 4.57. The molecule has 0 amide bonds. The maximum atomic E-state index is 5.70. The number of hydrazone groups is 1. The number of hydrogen-bond acceptors (Lipinski definition) is 2. The van der Waals surface area contributed by atoms with Crippen molar-refractivity contribution in [2.45, 2.75) is 12.5 Å². The lowest BCUT2D eigenvalue weighted by molar-refractivity contribution is 0.399. The molecule has 0 saturated heterocycles. The van der Waals surface area contributed by atoms with Gasteiger partial charge in [-0.2, -0.15) is 5.10 Å². The van der Waals surface area contributed by atoms with Crippen molar-refractivity contribution in [1.82, 2.24) is 4.92 Å². The van der Waals surface area contributed by atoms with Gasteiger partial charge in [0.05, 0.1) is 11.8 Å². The molecule has 3 rings (SSSR count). The predicted octanol–water partition coefficient (Wildman–Crippen LogP) is 2.54. The van der Waals surface area contributed by atoms with E-state index in [1.807, 2.05) is 41.3 Å². The summed E-state index contributed by atoms with van der Waals surface area (Å²) >= 11 is 0. The van der Waals surface area contributed by atoms with Crippen LogP contribution in [0, 0.1) is 0 Å². The summed E-state index contributed by atoms with van der Waals surface area (Å²) in [5.41, 5.74) is 3.47. The van der Waals surface area contributed by atoms with Crippen LogP contribution in [-0.4, -0.2) is 25.7 Å². The van der Waals surface area contributed by atoms with E-state index < -0.39 is 0 Å². The summed E-state index contributed by atoms with van der Waals surface area (Å²) in [6, 6.07) is 20.8. The minimum atomic E-state index is 0.196. The highest BCUT2D eigenvalue weighted by Crippen LogP contribution is 2.31. The summed E-state index contributed by atoms with van der Waals surface area (Å²) in [7, 11) is 7.24. The molecule has 0 aromatic heterocycles. The van der Waals surface area contributed by atoms with Gasteiger partial charge in [-0.25, -0.2) is 0 Å². The van der Waals surface area contributed by atoms with Gasteiger partial charge >= 0.3 is 0 Å². The molecule has 2 aromatic carbocycles. The third-order valence-electron chi connectivity index (χ3n) is 3.39. The average molecular weight is 243 g/mol. The molecule has 0 saturated carbocycles. The van der Waals surface area contributed by atoms with E-state index in [0.29, 0.717) is 0 Å². The second kappa shape index (κ2) is 5.35. The van der Waals surface area contributed by atoms with Gasteiger partial charge in [-0.15, -0.1) is 0 Å². The summed E-state index contributed by atoms with van der Waals surface area (Å²) in [5, 5.41) is 4.60. The Morgan fingerprint density at radius 1 is 1.00 bits per heavy atom. The quantitative estimate of drug-likeness (QED) is 0.756. The van der Waals surface area contributed by atoms with E-state index in [4.69, 9.17) is 7.74 Å². The highest BCUT2D eigenvalue weighted by Gasteiger charge is 2.26. The van der Waals surface area contributed by atoms with E-state index in [2.05, 4.69) is 29.4 Å². The first-order valence-corrected chi connectivity index (χ1v) is 6.40. The van der Waals surface area contributed by atoms with Crippen LogP contribution in [0.5, 0.6) is 0 Å². The number of rotatable bonds is 3. The standard InChI is InChI=1S/C15H13B2N2/c16-17-19-15(13-9-5-2-6-10-13)11-14(18-19)12-7-3-1-4-8-12/h1-10,15H,11H2. The van der Waals surface area contributed by atoms with E-state index in [0.717, 1.165) is 17.7 Å². The highest BCUT2D eigenvalue weighted by molar-refractivity contribution is 6.87. The predicted molar refractivity (Wildman–Crippen MR) is 80.1 cm³/mol. The normalized spacial score (nSPS) is 18.2. The Morgan fingerprint density at radius 2 is 1.63 bits per heavy atom. The molecule has 4 heteroatoms.